The van der Waals surface area contributed by atoms with Crippen LogP contribution in [0.15, 0.2) is 36.5 Å². The molecule has 0 spiro atoms. The largest absolute Gasteiger partial charge is 0.349 e. The van der Waals surface area contributed by atoms with Crippen molar-refractivity contribution in [1.82, 2.24) is 15.6 Å². The first-order valence-corrected chi connectivity index (χ1v) is 7.61. The number of carbonyl (C=O) groups is 1. The molecule has 2 heterocycles. The van der Waals surface area contributed by atoms with Gasteiger partial charge in [0, 0.05) is 17.6 Å². The van der Waals surface area contributed by atoms with Crippen molar-refractivity contribution < 1.29 is 4.79 Å². The van der Waals surface area contributed by atoms with Crippen LogP contribution in [0, 0.1) is 5.92 Å². The number of rotatable bonds is 3. The molecule has 21 heavy (non-hydrogen) atoms. The summed E-state index contributed by atoms with van der Waals surface area (Å²) >= 11 is 0. The van der Waals surface area contributed by atoms with Gasteiger partial charge in [0.15, 0.2) is 0 Å². The normalized spacial score (nSPS) is 20.1. The van der Waals surface area contributed by atoms with E-state index in [0.29, 0.717) is 11.5 Å². The molecule has 2 unspecified atom stereocenters. The third-order valence-corrected chi connectivity index (χ3v) is 4.29. The van der Waals surface area contributed by atoms with E-state index in [1.165, 1.54) is 12.8 Å². The molecular weight excluding hydrogens is 262 g/mol. The Bertz CT molecular complexity index is 629. The van der Waals surface area contributed by atoms with Gasteiger partial charge < -0.3 is 10.6 Å². The van der Waals surface area contributed by atoms with E-state index in [2.05, 4.69) is 22.5 Å². The molecule has 4 heteroatoms. The Hall–Kier alpha value is -1.94. The molecule has 0 saturated carbocycles. The Kier molecular flexibility index (Phi) is 4.15. The number of hydrogen-bond acceptors (Lipinski definition) is 3. The summed E-state index contributed by atoms with van der Waals surface area (Å²) in [7, 11) is 0. The van der Waals surface area contributed by atoms with Crippen molar-refractivity contribution in [3.8, 4) is 0 Å². The van der Waals surface area contributed by atoms with Gasteiger partial charge in [0.25, 0.3) is 5.91 Å². The zero-order valence-corrected chi connectivity index (χ0v) is 12.3. The predicted octanol–water partition coefficient (Wildman–Crippen LogP) is 2.35. The number of piperidine rings is 1. The lowest BCUT2D eigenvalue weighted by Crippen LogP contribution is -2.44. The zero-order valence-electron chi connectivity index (χ0n) is 12.3. The van der Waals surface area contributed by atoms with E-state index in [4.69, 9.17) is 0 Å². The van der Waals surface area contributed by atoms with Crippen molar-refractivity contribution in [3.05, 3.63) is 42.1 Å². The van der Waals surface area contributed by atoms with Crippen LogP contribution in [-0.4, -0.2) is 30.0 Å². The third-order valence-electron chi connectivity index (χ3n) is 4.29. The highest BCUT2D eigenvalue weighted by Crippen LogP contribution is 2.18. The number of nitrogens with zero attached hydrogens (tertiary/aromatic N) is 1. The van der Waals surface area contributed by atoms with Crippen molar-refractivity contribution in [2.75, 3.05) is 13.1 Å². The molecule has 3 rings (SSSR count). The van der Waals surface area contributed by atoms with Gasteiger partial charge >= 0.3 is 0 Å². The van der Waals surface area contributed by atoms with Crippen molar-refractivity contribution >= 4 is 16.8 Å². The monoisotopic (exact) mass is 283 g/mol. The topological polar surface area (TPSA) is 54.0 Å². The predicted molar refractivity (Wildman–Crippen MR) is 84.3 cm³/mol. The van der Waals surface area contributed by atoms with E-state index in [9.17, 15) is 4.79 Å². The highest BCUT2D eigenvalue weighted by atomic mass is 16.1. The Morgan fingerprint density at radius 3 is 3.05 bits per heavy atom. The van der Waals surface area contributed by atoms with E-state index in [0.717, 1.165) is 24.0 Å². The van der Waals surface area contributed by atoms with Gasteiger partial charge in [-0.2, -0.15) is 0 Å². The Morgan fingerprint density at radius 2 is 2.24 bits per heavy atom. The summed E-state index contributed by atoms with van der Waals surface area (Å²) < 4.78 is 0. The first kappa shape index (κ1) is 14.0. The minimum Gasteiger partial charge on any atom is -0.349 e. The van der Waals surface area contributed by atoms with E-state index in [1.54, 1.807) is 12.3 Å². The minimum atomic E-state index is -0.00771. The summed E-state index contributed by atoms with van der Waals surface area (Å²) in [5, 5.41) is 7.46. The maximum Gasteiger partial charge on any atom is 0.252 e. The quantitative estimate of drug-likeness (QED) is 0.909. The van der Waals surface area contributed by atoms with Crippen LogP contribution in [0.1, 0.15) is 30.1 Å². The number of benzene rings is 1. The maximum atomic E-state index is 12.6. The Labute approximate surface area is 125 Å². The van der Waals surface area contributed by atoms with Crippen LogP contribution < -0.4 is 10.6 Å². The van der Waals surface area contributed by atoms with Crippen LogP contribution in [0.2, 0.25) is 0 Å². The second-order valence-electron chi connectivity index (χ2n) is 5.74. The average Bonchev–Trinajstić information content (AvgIpc) is 2.55. The van der Waals surface area contributed by atoms with E-state index in [1.807, 2.05) is 24.3 Å². The van der Waals surface area contributed by atoms with Gasteiger partial charge in [-0.3, -0.25) is 9.78 Å². The van der Waals surface area contributed by atoms with Crippen LogP contribution in [0.25, 0.3) is 10.9 Å². The number of nitrogens with one attached hydrogen (secondary N) is 2. The van der Waals surface area contributed by atoms with E-state index < -0.39 is 0 Å². The summed E-state index contributed by atoms with van der Waals surface area (Å²) in [5.74, 6) is 0.502. The highest BCUT2D eigenvalue weighted by Gasteiger charge is 2.22. The molecule has 1 fully saturated rings. The third kappa shape index (κ3) is 3.05. The molecule has 1 aromatic heterocycles. The van der Waals surface area contributed by atoms with Crippen molar-refractivity contribution in [2.45, 2.75) is 25.8 Å². The molecule has 1 aromatic carbocycles. The molecular formula is C17H21N3O. The minimum absolute atomic E-state index is 0.00771. The molecule has 2 atom stereocenters. The zero-order chi connectivity index (χ0) is 14.7. The lowest BCUT2D eigenvalue weighted by molar-refractivity contribution is 0.0923. The number of carbonyl (C=O) groups excluding carboxylic acids is 1. The van der Waals surface area contributed by atoms with Gasteiger partial charge in [0.2, 0.25) is 0 Å². The summed E-state index contributed by atoms with van der Waals surface area (Å²) in [6, 6.07) is 9.73. The summed E-state index contributed by atoms with van der Waals surface area (Å²) in [6.07, 6.45) is 4.05. The van der Waals surface area contributed by atoms with Crippen LogP contribution in [0.5, 0.6) is 0 Å². The second-order valence-corrected chi connectivity index (χ2v) is 5.74. The van der Waals surface area contributed by atoms with Crippen molar-refractivity contribution in [3.63, 3.8) is 0 Å². The molecule has 4 nitrogen and oxygen atoms in total. The molecule has 1 amide bonds. The number of pyridine rings is 1. The Balaban J connectivity index is 1.77. The smallest absolute Gasteiger partial charge is 0.252 e. The van der Waals surface area contributed by atoms with E-state index >= 15 is 0 Å². The Morgan fingerprint density at radius 1 is 1.38 bits per heavy atom. The van der Waals surface area contributed by atoms with Gasteiger partial charge in [-0.1, -0.05) is 18.2 Å². The molecule has 2 aromatic rings. The van der Waals surface area contributed by atoms with Gasteiger partial charge in [-0.15, -0.1) is 0 Å². The lowest BCUT2D eigenvalue weighted by Gasteiger charge is -2.29. The summed E-state index contributed by atoms with van der Waals surface area (Å²) in [6.45, 7) is 4.17. The molecule has 0 aliphatic carbocycles. The molecule has 0 bridgehead atoms. The highest BCUT2D eigenvalue weighted by molar-refractivity contribution is 6.06. The fraction of sp³-hybridized carbons (Fsp3) is 0.412. The molecule has 1 aliphatic heterocycles. The van der Waals surface area contributed by atoms with Gasteiger partial charge in [0.1, 0.15) is 0 Å². The average molecular weight is 283 g/mol. The molecule has 2 N–H and O–H groups in total. The fourth-order valence-electron chi connectivity index (χ4n) is 3.00. The number of aromatic nitrogens is 1. The van der Waals surface area contributed by atoms with Gasteiger partial charge in [0.05, 0.1) is 11.1 Å². The fourth-order valence-corrected chi connectivity index (χ4v) is 3.00. The van der Waals surface area contributed by atoms with Crippen molar-refractivity contribution in [2.24, 2.45) is 5.92 Å². The first-order valence-electron chi connectivity index (χ1n) is 7.61. The molecule has 110 valence electrons. The molecule has 0 radical (unpaired) electrons. The SMILES string of the molecule is CC(NC(=O)c1ccnc2ccccc12)C1CCCNC1. The number of amides is 1. The maximum absolute atomic E-state index is 12.6. The van der Waals surface area contributed by atoms with Crippen LogP contribution in [-0.2, 0) is 0 Å². The number of hydrogen-bond donors (Lipinski definition) is 2. The summed E-state index contributed by atoms with van der Waals surface area (Å²) in [4.78, 5) is 16.9. The van der Waals surface area contributed by atoms with Gasteiger partial charge in [-0.05, 0) is 50.9 Å². The van der Waals surface area contributed by atoms with Crippen molar-refractivity contribution in [1.29, 1.82) is 0 Å². The molecule has 1 aliphatic rings. The lowest BCUT2D eigenvalue weighted by atomic mass is 9.92. The standard InChI is InChI=1S/C17H21N3O/c1-12(13-5-4-9-18-11-13)20-17(21)15-8-10-19-16-7-3-2-6-14(15)16/h2-3,6-8,10,12-13,18H,4-5,9,11H2,1H3,(H,20,21). The molecule has 1 saturated heterocycles. The number of fused-ring (bicyclic) bond motifs is 1. The van der Waals surface area contributed by atoms with Crippen LogP contribution >= 0.6 is 0 Å². The number of para-hydroxylation sites is 1. The van der Waals surface area contributed by atoms with Crippen LogP contribution in [0.3, 0.4) is 0 Å². The summed E-state index contributed by atoms with van der Waals surface area (Å²) in [5.41, 5.74) is 1.56. The first-order chi connectivity index (χ1) is 10.3. The second kappa shape index (κ2) is 6.22. The van der Waals surface area contributed by atoms with E-state index in [-0.39, 0.29) is 11.9 Å². The van der Waals surface area contributed by atoms with Gasteiger partial charge in [-0.25, -0.2) is 0 Å². The van der Waals surface area contributed by atoms with Crippen LogP contribution in [0.4, 0.5) is 0 Å².